The van der Waals surface area contributed by atoms with Crippen molar-refractivity contribution in [3.63, 3.8) is 0 Å². The van der Waals surface area contributed by atoms with Crippen LogP contribution in [0, 0.1) is 11.3 Å². The monoisotopic (exact) mass is 419 g/mol. The average Bonchev–Trinajstić information content (AvgIpc) is 3.14. The van der Waals surface area contributed by atoms with Crippen molar-refractivity contribution < 1.29 is 13.2 Å². The van der Waals surface area contributed by atoms with Gasteiger partial charge in [0.15, 0.2) is 0 Å². The fourth-order valence-corrected chi connectivity index (χ4v) is 5.84. The van der Waals surface area contributed by atoms with E-state index in [4.69, 9.17) is 0 Å². The van der Waals surface area contributed by atoms with E-state index in [2.05, 4.69) is 36.0 Å². The van der Waals surface area contributed by atoms with E-state index in [0.29, 0.717) is 5.92 Å². The molecule has 0 saturated heterocycles. The van der Waals surface area contributed by atoms with Crippen LogP contribution >= 0.6 is 11.3 Å². The standard InChI is InChI=1S/C20H25N3O3S2/c1-14-11-15(13-20(2,3)12-14)21-22-19(24)16-7-4-5-8-17(16)23-28(25,26)18-9-6-10-27-18/h4-10,14,23H,11-13H2,1-3H3,(H,22,24). The molecule has 1 amide bonds. The minimum absolute atomic E-state index is 0.162. The molecule has 1 aromatic carbocycles. The van der Waals surface area contributed by atoms with Crippen molar-refractivity contribution in [3.05, 3.63) is 47.3 Å². The highest BCUT2D eigenvalue weighted by Gasteiger charge is 2.29. The highest BCUT2D eigenvalue weighted by atomic mass is 32.2. The number of anilines is 1. The molecular formula is C20H25N3O3S2. The lowest BCUT2D eigenvalue weighted by atomic mass is 9.72. The Labute approximate surface area is 170 Å². The Kier molecular flexibility index (Phi) is 5.90. The number of carbonyl (C=O) groups is 1. The maximum atomic E-state index is 12.7. The molecule has 6 nitrogen and oxygen atoms in total. The van der Waals surface area contributed by atoms with Gasteiger partial charge in [0.05, 0.1) is 11.3 Å². The number of para-hydroxylation sites is 1. The lowest BCUT2D eigenvalue weighted by molar-refractivity contribution is 0.0954. The van der Waals surface area contributed by atoms with Crippen LogP contribution in [0.15, 0.2) is 51.1 Å². The van der Waals surface area contributed by atoms with Gasteiger partial charge in [-0.2, -0.15) is 5.10 Å². The first-order valence-electron chi connectivity index (χ1n) is 9.17. The molecule has 2 aromatic rings. The van der Waals surface area contributed by atoms with E-state index in [1.54, 1.807) is 35.7 Å². The van der Waals surface area contributed by atoms with Gasteiger partial charge >= 0.3 is 0 Å². The molecule has 150 valence electrons. The van der Waals surface area contributed by atoms with Crippen LogP contribution in [0.3, 0.4) is 0 Å². The Bertz CT molecular complexity index is 980. The molecule has 1 atom stereocenters. The number of nitrogens with one attached hydrogen (secondary N) is 2. The number of carbonyl (C=O) groups excluding carboxylic acids is 1. The van der Waals surface area contributed by atoms with Crippen molar-refractivity contribution in [1.29, 1.82) is 0 Å². The SMILES string of the molecule is CC1CC(=NNC(=O)c2ccccc2NS(=O)(=O)c2cccs2)CC(C)(C)C1. The van der Waals surface area contributed by atoms with Crippen molar-refractivity contribution in [1.82, 2.24) is 5.43 Å². The molecule has 1 aliphatic carbocycles. The van der Waals surface area contributed by atoms with E-state index in [0.717, 1.165) is 36.3 Å². The van der Waals surface area contributed by atoms with Crippen LogP contribution in [0.4, 0.5) is 5.69 Å². The first-order chi connectivity index (χ1) is 13.2. The Morgan fingerprint density at radius 1 is 1.21 bits per heavy atom. The number of hydrogen-bond acceptors (Lipinski definition) is 5. The molecule has 0 bridgehead atoms. The maximum Gasteiger partial charge on any atom is 0.273 e. The zero-order valence-electron chi connectivity index (χ0n) is 16.2. The van der Waals surface area contributed by atoms with E-state index < -0.39 is 15.9 Å². The average molecular weight is 420 g/mol. The molecule has 3 rings (SSSR count). The summed E-state index contributed by atoms with van der Waals surface area (Å²) in [5.74, 6) is 0.0808. The third kappa shape index (κ3) is 4.99. The van der Waals surface area contributed by atoms with E-state index in [9.17, 15) is 13.2 Å². The summed E-state index contributed by atoms with van der Waals surface area (Å²) in [7, 11) is -3.73. The number of hydrogen-bond donors (Lipinski definition) is 2. The summed E-state index contributed by atoms with van der Waals surface area (Å²) in [6.07, 6.45) is 2.83. The van der Waals surface area contributed by atoms with Gasteiger partial charge in [0, 0.05) is 5.71 Å². The lowest BCUT2D eigenvalue weighted by Gasteiger charge is -2.34. The van der Waals surface area contributed by atoms with Crippen LogP contribution in [-0.2, 0) is 10.0 Å². The molecule has 8 heteroatoms. The minimum Gasteiger partial charge on any atom is -0.278 e. The molecule has 0 aliphatic heterocycles. The van der Waals surface area contributed by atoms with E-state index in [-0.39, 0.29) is 20.9 Å². The van der Waals surface area contributed by atoms with Gasteiger partial charge < -0.3 is 0 Å². The molecule has 0 radical (unpaired) electrons. The van der Waals surface area contributed by atoms with Crippen molar-refractivity contribution in [2.45, 2.75) is 44.2 Å². The van der Waals surface area contributed by atoms with Gasteiger partial charge in [0.1, 0.15) is 4.21 Å². The first-order valence-corrected chi connectivity index (χ1v) is 11.5. The Hall–Kier alpha value is -2.19. The third-order valence-electron chi connectivity index (χ3n) is 4.66. The molecule has 1 heterocycles. The zero-order valence-corrected chi connectivity index (χ0v) is 17.9. The highest BCUT2D eigenvalue weighted by Crippen LogP contribution is 2.36. The van der Waals surface area contributed by atoms with Gasteiger partial charge in [0.2, 0.25) is 0 Å². The minimum atomic E-state index is -3.73. The van der Waals surface area contributed by atoms with Gasteiger partial charge in [-0.15, -0.1) is 11.3 Å². The van der Waals surface area contributed by atoms with Crippen LogP contribution in [0.1, 0.15) is 50.4 Å². The molecule has 1 aromatic heterocycles. The Balaban J connectivity index is 1.77. The van der Waals surface area contributed by atoms with Crippen molar-refractivity contribution >= 4 is 38.7 Å². The molecule has 1 unspecified atom stereocenters. The van der Waals surface area contributed by atoms with Gasteiger partial charge in [0.25, 0.3) is 15.9 Å². The second-order valence-corrected chi connectivity index (χ2v) is 10.9. The second-order valence-electron chi connectivity index (χ2n) is 8.06. The molecule has 1 fully saturated rings. The summed E-state index contributed by atoms with van der Waals surface area (Å²) in [6, 6.07) is 9.71. The van der Waals surface area contributed by atoms with Gasteiger partial charge in [-0.25, -0.2) is 13.8 Å². The number of hydrazone groups is 1. The van der Waals surface area contributed by atoms with Crippen LogP contribution in [0.25, 0.3) is 0 Å². The summed E-state index contributed by atoms with van der Waals surface area (Å²) in [6.45, 7) is 6.59. The third-order valence-corrected chi connectivity index (χ3v) is 7.42. The summed E-state index contributed by atoms with van der Waals surface area (Å²) >= 11 is 1.12. The summed E-state index contributed by atoms with van der Waals surface area (Å²) in [4.78, 5) is 12.7. The fraction of sp³-hybridized carbons (Fsp3) is 0.400. The number of sulfonamides is 1. The van der Waals surface area contributed by atoms with Crippen LogP contribution in [0.2, 0.25) is 0 Å². The van der Waals surface area contributed by atoms with Gasteiger partial charge in [-0.3, -0.25) is 9.52 Å². The van der Waals surface area contributed by atoms with Crippen LogP contribution in [-0.4, -0.2) is 20.0 Å². The fourth-order valence-electron chi connectivity index (χ4n) is 3.77. The largest absolute Gasteiger partial charge is 0.278 e. The van der Waals surface area contributed by atoms with Crippen molar-refractivity contribution in [3.8, 4) is 0 Å². The highest BCUT2D eigenvalue weighted by molar-refractivity contribution is 7.94. The smallest absolute Gasteiger partial charge is 0.273 e. The topological polar surface area (TPSA) is 87.6 Å². The predicted octanol–water partition coefficient (Wildman–Crippen LogP) is 4.48. The number of nitrogens with zero attached hydrogens (tertiary/aromatic N) is 1. The Morgan fingerprint density at radius 2 is 1.96 bits per heavy atom. The number of amides is 1. The van der Waals surface area contributed by atoms with E-state index in [1.807, 2.05) is 0 Å². The normalized spacial score (nSPS) is 20.7. The van der Waals surface area contributed by atoms with Gasteiger partial charge in [-0.05, 0) is 54.2 Å². The summed E-state index contributed by atoms with van der Waals surface area (Å²) in [5.41, 5.74) is 4.19. The Morgan fingerprint density at radius 3 is 2.64 bits per heavy atom. The number of benzene rings is 1. The lowest BCUT2D eigenvalue weighted by Crippen LogP contribution is -2.30. The quantitative estimate of drug-likeness (QED) is 0.701. The molecule has 28 heavy (non-hydrogen) atoms. The summed E-state index contributed by atoms with van der Waals surface area (Å²) < 4.78 is 27.7. The predicted molar refractivity (Wildman–Crippen MR) is 113 cm³/mol. The number of thiophene rings is 1. The first kappa shape index (κ1) is 20.5. The maximum absolute atomic E-state index is 12.7. The number of rotatable bonds is 5. The molecule has 1 aliphatic rings. The van der Waals surface area contributed by atoms with E-state index in [1.165, 1.54) is 6.07 Å². The molecular weight excluding hydrogens is 394 g/mol. The molecule has 0 spiro atoms. The molecule has 2 N–H and O–H groups in total. The summed E-state index contributed by atoms with van der Waals surface area (Å²) in [5, 5.41) is 6.03. The van der Waals surface area contributed by atoms with E-state index >= 15 is 0 Å². The van der Waals surface area contributed by atoms with Crippen LogP contribution < -0.4 is 10.1 Å². The van der Waals surface area contributed by atoms with Crippen LogP contribution in [0.5, 0.6) is 0 Å². The zero-order chi connectivity index (χ0) is 20.4. The van der Waals surface area contributed by atoms with Crippen molar-refractivity contribution in [2.24, 2.45) is 16.4 Å². The second kappa shape index (κ2) is 8.05. The van der Waals surface area contributed by atoms with Gasteiger partial charge in [-0.1, -0.05) is 39.0 Å². The van der Waals surface area contributed by atoms with Crippen molar-refractivity contribution in [2.75, 3.05) is 4.72 Å². The molecule has 1 saturated carbocycles.